The fourth-order valence-electron chi connectivity index (χ4n) is 1.47. The summed E-state index contributed by atoms with van der Waals surface area (Å²) in [7, 11) is 0. The normalized spacial score (nSPS) is 12.3. The lowest BCUT2D eigenvalue weighted by Gasteiger charge is -2.15. The topological polar surface area (TPSA) is 38.0 Å². The molecule has 0 spiro atoms. The van der Waals surface area contributed by atoms with Crippen LogP contribution < -0.4 is 11.3 Å². The average Bonchev–Trinajstić information content (AvgIpc) is 2.19. The van der Waals surface area contributed by atoms with E-state index in [2.05, 4.69) is 60.3 Å². The number of rotatable bonds is 3. The minimum atomic E-state index is 0.0595. The van der Waals surface area contributed by atoms with Crippen molar-refractivity contribution in [3.63, 3.8) is 0 Å². The molecule has 0 aliphatic carbocycles. The number of nitrogens with one attached hydrogen (secondary N) is 1. The molecule has 0 bridgehead atoms. The lowest BCUT2D eigenvalue weighted by Crippen LogP contribution is -2.27. The molecule has 2 nitrogen and oxygen atoms in total. The van der Waals surface area contributed by atoms with Crippen molar-refractivity contribution in [2.24, 2.45) is 5.84 Å². The van der Waals surface area contributed by atoms with Gasteiger partial charge in [-0.15, -0.1) is 0 Å². The Morgan fingerprint density at radius 1 is 1.47 bits per heavy atom. The van der Waals surface area contributed by atoms with E-state index in [0.717, 1.165) is 4.47 Å². The molecule has 1 unspecified atom stereocenters. The second kappa shape index (κ2) is 5.45. The first-order chi connectivity index (χ1) is 7.06. The number of aryl methyl sites for hydroxylation is 1. The number of hydrogen-bond acceptors (Lipinski definition) is 2. The molecule has 1 atom stereocenters. The Bertz CT molecular complexity index is 368. The van der Waals surface area contributed by atoms with Crippen molar-refractivity contribution in [1.82, 2.24) is 5.43 Å². The van der Waals surface area contributed by atoms with E-state index in [-0.39, 0.29) is 6.04 Å². The average molecular weight is 269 g/mol. The fraction of sp³-hybridized carbons (Fsp3) is 0.333. The van der Waals surface area contributed by atoms with Gasteiger partial charge >= 0.3 is 0 Å². The van der Waals surface area contributed by atoms with E-state index in [4.69, 9.17) is 5.84 Å². The third kappa shape index (κ3) is 3.16. The SMILES string of the molecule is CC(C)=CC(NN)c1cccc(C)c1Br. The summed E-state index contributed by atoms with van der Waals surface area (Å²) in [4.78, 5) is 0. The van der Waals surface area contributed by atoms with Crippen molar-refractivity contribution in [3.05, 3.63) is 45.4 Å². The monoisotopic (exact) mass is 268 g/mol. The van der Waals surface area contributed by atoms with Crippen LogP contribution in [0.4, 0.5) is 0 Å². The predicted molar refractivity (Wildman–Crippen MR) is 68.4 cm³/mol. The van der Waals surface area contributed by atoms with E-state index >= 15 is 0 Å². The smallest absolute Gasteiger partial charge is 0.0654 e. The predicted octanol–water partition coefficient (Wildman–Crippen LogP) is 3.23. The molecule has 0 heterocycles. The highest BCUT2D eigenvalue weighted by Crippen LogP contribution is 2.27. The van der Waals surface area contributed by atoms with Crippen LogP contribution in [0.3, 0.4) is 0 Å². The number of hydrogen-bond donors (Lipinski definition) is 2. The highest BCUT2D eigenvalue weighted by molar-refractivity contribution is 9.10. The summed E-state index contributed by atoms with van der Waals surface area (Å²) in [5, 5.41) is 0. The van der Waals surface area contributed by atoms with Crippen LogP contribution in [0.15, 0.2) is 34.3 Å². The molecule has 3 N–H and O–H groups in total. The molecule has 0 amide bonds. The van der Waals surface area contributed by atoms with Gasteiger partial charge in [0, 0.05) is 4.47 Å². The third-order valence-corrected chi connectivity index (χ3v) is 3.32. The van der Waals surface area contributed by atoms with Crippen LogP contribution in [-0.2, 0) is 0 Å². The van der Waals surface area contributed by atoms with Gasteiger partial charge in [0.25, 0.3) is 0 Å². The molecule has 0 fully saturated rings. The van der Waals surface area contributed by atoms with Crippen LogP contribution in [0.25, 0.3) is 0 Å². The van der Waals surface area contributed by atoms with Crippen LogP contribution in [0.5, 0.6) is 0 Å². The maximum atomic E-state index is 5.56. The van der Waals surface area contributed by atoms with Crippen LogP contribution in [0.1, 0.15) is 31.0 Å². The first kappa shape index (κ1) is 12.4. The number of allylic oxidation sites excluding steroid dienone is 1. The zero-order valence-electron chi connectivity index (χ0n) is 9.34. The fourth-order valence-corrected chi connectivity index (χ4v) is 1.98. The van der Waals surface area contributed by atoms with Crippen molar-refractivity contribution in [1.29, 1.82) is 0 Å². The van der Waals surface area contributed by atoms with E-state index in [1.54, 1.807) is 0 Å². The zero-order chi connectivity index (χ0) is 11.4. The number of nitrogens with two attached hydrogens (primary N) is 1. The van der Waals surface area contributed by atoms with Crippen molar-refractivity contribution in [2.45, 2.75) is 26.8 Å². The number of halogens is 1. The van der Waals surface area contributed by atoms with E-state index in [1.165, 1.54) is 16.7 Å². The van der Waals surface area contributed by atoms with Gasteiger partial charge in [-0.25, -0.2) is 5.43 Å². The Kier molecular flexibility index (Phi) is 4.51. The molecule has 0 aliphatic heterocycles. The molecule has 0 aromatic heterocycles. The highest BCUT2D eigenvalue weighted by Gasteiger charge is 2.10. The molecule has 1 aromatic rings. The quantitative estimate of drug-likeness (QED) is 0.502. The molecule has 1 rings (SSSR count). The summed E-state index contributed by atoms with van der Waals surface area (Å²) in [6.07, 6.45) is 2.11. The lowest BCUT2D eigenvalue weighted by molar-refractivity contribution is 0.649. The van der Waals surface area contributed by atoms with Gasteiger partial charge < -0.3 is 0 Å². The minimum Gasteiger partial charge on any atom is -0.271 e. The van der Waals surface area contributed by atoms with Gasteiger partial charge in [-0.2, -0.15) is 0 Å². The number of hydrazine groups is 1. The molecule has 0 aliphatic rings. The highest BCUT2D eigenvalue weighted by atomic mass is 79.9. The van der Waals surface area contributed by atoms with Crippen LogP contribution in [-0.4, -0.2) is 0 Å². The molecule has 0 saturated carbocycles. The molecule has 0 radical (unpaired) electrons. The molecular formula is C12H17BrN2. The molecule has 0 saturated heterocycles. The minimum absolute atomic E-state index is 0.0595. The maximum Gasteiger partial charge on any atom is 0.0654 e. The molecule has 82 valence electrons. The van der Waals surface area contributed by atoms with E-state index in [0.29, 0.717) is 0 Å². The Labute approximate surface area is 99.7 Å². The maximum absolute atomic E-state index is 5.56. The molecule has 3 heteroatoms. The van der Waals surface area contributed by atoms with Gasteiger partial charge in [0.1, 0.15) is 0 Å². The van der Waals surface area contributed by atoms with Gasteiger partial charge in [-0.3, -0.25) is 5.84 Å². The Morgan fingerprint density at radius 3 is 2.67 bits per heavy atom. The Balaban J connectivity index is 3.13. The van der Waals surface area contributed by atoms with Crippen molar-refractivity contribution in [3.8, 4) is 0 Å². The van der Waals surface area contributed by atoms with Crippen molar-refractivity contribution in [2.75, 3.05) is 0 Å². The largest absolute Gasteiger partial charge is 0.271 e. The first-order valence-corrected chi connectivity index (χ1v) is 5.71. The standard InChI is InChI=1S/C12H17BrN2/c1-8(2)7-11(15-14)10-6-4-5-9(3)12(10)13/h4-7,11,15H,14H2,1-3H3. The first-order valence-electron chi connectivity index (χ1n) is 4.92. The van der Waals surface area contributed by atoms with Gasteiger partial charge in [0.05, 0.1) is 6.04 Å². The molecule has 15 heavy (non-hydrogen) atoms. The lowest BCUT2D eigenvalue weighted by atomic mass is 10.0. The summed E-state index contributed by atoms with van der Waals surface area (Å²) in [5.41, 5.74) is 6.44. The summed E-state index contributed by atoms with van der Waals surface area (Å²) < 4.78 is 1.12. The number of benzene rings is 1. The van der Waals surface area contributed by atoms with E-state index in [9.17, 15) is 0 Å². The van der Waals surface area contributed by atoms with Crippen LogP contribution >= 0.6 is 15.9 Å². The summed E-state index contributed by atoms with van der Waals surface area (Å²) in [5.74, 6) is 5.56. The van der Waals surface area contributed by atoms with E-state index in [1.807, 2.05) is 6.07 Å². The van der Waals surface area contributed by atoms with Gasteiger partial charge in [0.15, 0.2) is 0 Å². The second-order valence-electron chi connectivity index (χ2n) is 3.87. The molecular weight excluding hydrogens is 252 g/mol. The third-order valence-electron chi connectivity index (χ3n) is 2.24. The summed E-state index contributed by atoms with van der Waals surface area (Å²) >= 11 is 3.59. The van der Waals surface area contributed by atoms with Crippen LogP contribution in [0.2, 0.25) is 0 Å². The van der Waals surface area contributed by atoms with Gasteiger partial charge in [-0.05, 0) is 31.9 Å². The van der Waals surface area contributed by atoms with Crippen molar-refractivity contribution >= 4 is 15.9 Å². The van der Waals surface area contributed by atoms with Gasteiger partial charge in [0.2, 0.25) is 0 Å². The zero-order valence-corrected chi connectivity index (χ0v) is 10.9. The van der Waals surface area contributed by atoms with Crippen LogP contribution in [0, 0.1) is 6.92 Å². The summed E-state index contributed by atoms with van der Waals surface area (Å²) in [6.45, 7) is 6.20. The Morgan fingerprint density at radius 2 is 2.13 bits per heavy atom. The Hall–Kier alpha value is -0.640. The van der Waals surface area contributed by atoms with Crippen molar-refractivity contribution < 1.29 is 0 Å². The van der Waals surface area contributed by atoms with E-state index < -0.39 is 0 Å². The second-order valence-corrected chi connectivity index (χ2v) is 4.66. The summed E-state index contributed by atoms with van der Waals surface area (Å²) in [6, 6.07) is 6.24. The molecule has 1 aromatic carbocycles. The van der Waals surface area contributed by atoms with Gasteiger partial charge in [-0.1, -0.05) is 45.8 Å².